The van der Waals surface area contributed by atoms with Crippen LogP contribution in [0.3, 0.4) is 0 Å². The van der Waals surface area contributed by atoms with Crippen molar-refractivity contribution in [3.05, 3.63) is 65.2 Å². The van der Waals surface area contributed by atoms with Gasteiger partial charge in [-0.1, -0.05) is 58.0 Å². The van der Waals surface area contributed by atoms with Crippen molar-refractivity contribution in [2.24, 2.45) is 0 Å². The SMILES string of the molecule is CC.CC.Cc1cc(OCc2ccccc2)cc(F)c1F. The first kappa shape index (κ1) is 19.1. The van der Waals surface area contributed by atoms with Gasteiger partial charge in [-0.15, -0.1) is 0 Å². The fourth-order valence-electron chi connectivity index (χ4n) is 1.52. The van der Waals surface area contributed by atoms with Gasteiger partial charge in [0.2, 0.25) is 0 Å². The van der Waals surface area contributed by atoms with Crippen LogP contribution >= 0.6 is 0 Å². The van der Waals surface area contributed by atoms with Gasteiger partial charge < -0.3 is 4.74 Å². The zero-order chi connectivity index (χ0) is 16.3. The molecule has 0 N–H and O–H groups in total. The van der Waals surface area contributed by atoms with Crippen LogP contribution < -0.4 is 4.74 Å². The van der Waals surface area contributed by atoms with Crippen molar-refractivity contribution in [2.45, 2.75) is 41.2 Å². The van der Waals surface area contributed by atoms with E-state index in [1.165, 1.54) is 13.0 Å². The Balaban J connectivity index is 0.000000921. The Hall–Kier alpha value is -1.90. The summed E-state index contributed by atoms with van der Waals surface area (Å²) in [6.45, 7) is 9.85. The molecule has 0 unspecified atom stereocenters. The molecule has 0 bridgehead atoms. The molecular formula is C18H24F2O. The number of ether oxygens (including phenoxy) is 1. The van der Waals surface area contributed by atoms with Crippen molar-refractivity contribution in [1.29, 1.82) is 0 Å². The smallest absolute Gasteiger partial charge is 0.162 e. The van der Waals surface area contributed by atoms with Crippen LogP contribution in [0.15, 0.2) is 42.5 Å². The standard InChI is InChI=1S/C14H12F2O.2C2H6/c1-10-7-12(8-13(15)14(10)16)17-9-11-5-3-2-4-6-11;2*1-2/h2-8H,9H2,1H3;2*1-2H3. The van der Waals surface area contributed by atoms with E-state index in [0.717, 1.165) is 11.6 Å². The summed E-state index contributed by atoms with van der Waals surface area (Å²) >= 11 is 0. The zero-order valence-corrected chi connectivity index (χ0v) is 13.4. The maximum absolute atomic E-state index is 13.1. The molecule has 0 aromatic heterocycles. The second-order valence-corrected chi connectivity index (χ2v) is 3.81. The predicted molar refractivity (Wildman–Crippen MR) is 84.6 cm³/mol. The summed E-state index contributed by atoms with van der Waals surface area (Å²) in [5.41, 5.74) is 1.22. The topological polar surface area (TPSA) is 9.23 Å². The zero-order valence-electron chi connectivity index (χ0n) is 13.4. The van der Waals surface area contributed by atoms with Gasteiger partial charge >= 0.3 is 0 Å². The molecule has 2 aromatic carbocycles. The Morgan fingerprint density at radius 2 is 1.48 bits per heavy atom. The molecule has 0 aliphatic carbocycles. The molecule has 0 heterocycles. The summed E-state index contributed by atoms with van der Waals surface area (Å²) < 4.78 is 31.6. The molecule has 0 spiro atoms. The summed E-state index contributed by atoms with van der Waals surface area (Å²) in [6, 6.07) is 12.1. The molecule has 0 amide bonds. The van der Waals surface area contributed by atoms with Gasteiger partial charge in [-0.3, -0.25) is 0 Å². The maximum atomic E-state index is 13.1. The molecule has 0 saturated carbocycles. The molecule has 3 heteroatoms. The minimum absolute atomic E-state index is 0.244. The van der Waals surface area contributed by atoms with Crippen LogP contribution in [0.1, 0.15) is 38.8 Å². The van der Waals surface area contributed by atoms with Gasteiger partial charge in [-0.2, -0.15) is 0 Å². The van der Waals surface area contributed by atoms with E-state index in [0.29, 0.717) is 12.4 Å². The van der Waals surface area contributed by atoms with E-state index in [-0.39, 0.29) is 5.56 Å². The maximum Gasteiger partial charge on any atom is 0.162 e. The summed E-state index contributed by atoms with van der Waals surface area (Å²) in [7, 11) is 0. The lowest BCUT2D eigenvalue weighted by Crippen LogP contribution is -1.97. The quantitative estimate of drug-likeness (QED) is 0.684. The van der Waals surface area contributed by atoms with Crippen molar-refractivity contribution in [2.75, 3.05) is 0 Å². The fourth-order valence-corrected chi connectivity index (χ4v) is 1.52. The van der Waals surface area contributed by atoms with E-state index in [1.807, 2.05) is 58.0 Å². The van der Waals surface area contributed by atoms with Crippen LogP contribution in [0.4, 0.5) is 8.78 Å². The van der Waals surface area contributed by atoms with Crippen molar-refractivity contribution in [3.8, 4) is 5.75 Å². The summed E-state index contributed by atoms with van der Waals surface area (Å²) in [6.07, 6.45) is 0. The van der Waals surface area contributed by atoms with E-state index in [2.05, 4.69) is 0 Å². The highest BCUT2D eigenvalue weighted by molar-refractivity contribution is 5.30. The summed E-state index contributed by atoms with van der Waals surface area (Å²) in [5.74, 6) is -1.37. The molecule has 0 aliphatic heterocycles. The lowest BCUT2D eigenvalue weighted by molar-refractivity contribution is 0.303. The molecule has 1 nitrogen and oxygen atoms in total. The van der Waals surface area contributed by atoms with Crippen molar-refractivity contribution < 1.29 is 13.5 Å². The molecule has 2 aromatic rings. The second-order valence-electron chi connectivity index (χ2n) is 3.81. The minimum Gasteiger partial charge on any atom is -0.489 e. The molecule has 0 radical (unpaired) electrons. The molecule has 0 atom stereocenters. The Morgan fingerprint density at radius 1 is 0.905 bits per heavy atom. The first-order chi connectivity index (χ1) is 10.2. The van der Waals surface area contributed by atoms with E-state index in [4.69, 9.17) is 4.74 Å². The van der Waals surface area contributed by atoms with Gasteiger partial charge in [0, 0.05) is 6.07 Å². The molecule has 116 valence electrons. The Labute approximate surface area is 126 Å². The third kappa shape index (κ3) is 6.39. The number of aryl methyl sites for hydroxylation is 1. The predicted octanol–water partition coefficient (Wildman–Crippen LogP) is 5.90. The summed E-state index contributed by atoms with van der Waals surface area (Å²) in [5, 5.41) is 0. The van der Waals surface area contributed by atoms with Crippen molar-refractivity contribution in [1.82, 2.24) is 0 Å². The Morgan fingerprint density at radius 3 is 2.00 bits per heavy atom. The first-order valence-corrected chi connectivity index (χ1v) is 7.29. The average molecular weight is 294 g/mol. The Kier molecular flexibility index (Phi) is 9.86. The van der Waals surface area contributed by atoms with Gasteiger partial charge in [-0.05, 0) is 24.1 Å². The highest BCUT2D eigenvalue weighted by atomic mass is 19.2. The van der Waals surface area contributed by atoms with Crippen LogP contribution in [-0.2, 0) is 6.61 Å². The Bertz CT molecular complexity index is 487. The van der Waals surface area contributed by atoms with E-state index in [1.54, 1.807) is 0 Å². The van der Waals surface area contributed by atoms with Crippen LogP contribution in [0, 0.1) is 18.6 Å². The van der Waals surface area contributed by atoms with Crippen LogP contribution in [0.5, 0.6) is 5.75 Å². The van der Waals surface area contributed by atoms with E-state index in [9.17, 15) is 8.78 Å². The number of hydrogen-bond donors (Lipinski definition) is 0. The van der Waals surface area contributed by atoms with Crippen LogP contribution in [-0.4, -0.2) is 0 Å². The van der Waals surface area contributed by atoms with E-state index < -0.39 is 11.6 Å². The molecule has 0 fully saturated rings. The molecule has 0 saturated heterocycles. The van der Waals surface area contributed by atoms with Crippen LogP contribution in [0.2, 0.25) is 0 Å². The normalized spacial score (nSPS) is 8.90. The van der Waals surface area contributed by atoms with Gasteiger partial charge in [0.1, 0.15) is 12.4 Å². The fraction of sp³-hybridized carbons (Fsp3) is 0.333. The number of halogens is 2. The third-order valence-electron chi connectivity index (χ3n) is 2.43. The van der Waals surface area contributed by atoms with Gasteiger partial charge in [0.15, 0.2) is 11.6 Å². The molecular weight excluding hydrogens is 270 g/mol. The monoisotopic (exact) mass is 294 g/mol. The third-order valence-corrected chi connectivity index (χ3v) is 2.43. The highest BCUT2D eigenvalue weighted by Crippen LogP contribution is 2.20. The lowest BCUT2D eigenvalue weighted by atomic mass is 10.2. The number of rotatable bonds is 3. The van der Waals surface area contributed by atoms with Gasteiger partial charge in [-0.25, -0.2) is 8.78 Å². The first-order valence-electron chi connectivity index (χ1n) is 7.29. The van der Waals surface area contributed by atoms with Gasteiger partial charge in [0.25, 0.3) is 0 Å². The van der Waals surface area contributed by atoms with Gasteiger partial charge in [0.05, 0.1) is 0 Å². The second kappa shape index (κ2) is 10.8. The summed E-state index contributed by atoms with van der Waals surface area (Å²) in [4.78, 5) is 0. The molecule has 2 rings (SSSR count). The molecule has 21 heavy (non-hydrogen) atoms. The average Bonchev–Trinajstić information content (AvgIpc) is 2.55. The number of benzene rings is 2. The molecule has 0 aliphatic rings. The number of hydrogen-bond acceptors (Lipinski definition) is 1. The van der Waals surface area contributed by atoms with E-state index >= 15 is 0 Å². The largest absolute Gasteiger partial charge is 0.489 e. The van der Waals surface area contributed by atoms with Crippen molar-refractivity contribution >= 4 is 0 Å². The van der Waals surface area contributed by atoms with Crippen molar-refractivity contribution in [3.63, 3.8) is 0 Å². The lowest BCUT2D eigenvalue weighted by Gasteiger charge is -2.08. The van der Waals surface area contributed by atoms with Crippen LogP contribution in [0.25, 0.3) is 0 Å². The highest BCUT2D eigenvalue weighted by Gasteiger charge is 2.08. The minimum atomic E-state index is -0.881.